The molecule has 0 saturated carbocycles. The lowest BCUT2D eigenvalue weighted by Gasteiger charge is -2.15. The first-order chi connectivity index (χ1) is 15.7. The third kappa shape index (κ3) is 5.44. The molecular weight excluding hydrogens is 471 g/mol. The van der Waals surface area contributed by atoms with Crippen LogP contribution in [0.15, 0.2) is 63.4 Å². The lowest BCUT2D eigenvalue weighted by Crippen LogP contribution is -2.27. The van der Waals surface area contributed by atoms with Crippen molar-refractivity contribution < 1.29 is 18.0 Å². The van der Waals surface area contributed by atoms with Crippen LogP contribution in [0, 0.1) is 6.92 Å². The second kappa shape index (κ2) is 9.64. The highest BCUT2D eigenvalue weighted by Crippen LogP contribution is 2.33. The molecule has 0 unspecified atom stereocenters. The van der Waals surface area contributed by atoms with E-state index in [0.29, 0.717) is 29.3 Å². The average molecular weight is 492 g/mol. The molecule has 1 amide bonds. The molecule has 2 aromatic carbocycles. The number of thioether (sulfide) groups is 2. The molecule has 3 aromatic rings. The van der Waals surface area contributed by atoms with E-state index < -0.39 is 17.3 Å². The van der Waals surface area contributed by atoms with Crippen LogP contribution in [0.25, 0.3) is 5.69 Å². The summed E-state index contributed by atoms with van der Waals surface area (Å²) in [5, 5.41) is 3.02. The molecule has 5 nitrogen and oxygen atoms in total. The van der Waals surface area contributed by atoms with E-state index in [4.69, 9.17) is 0 Å². The number of nitrogens with zero attached hydrogens (tertiary/aromatic N) is 2. The van der Waals surface area contributed by atoms with Gasteiger partial charge in [0.25, 0.3) is 5.56 Å². The molecule has 1 aliphatic rings. The number of halogens is 3. The Morgan fingerprint density at radius 1 is 1.21 bits per heavy atom. The van der Waals surface area contributed by atoms with E-state index >= 15 is 0 Å². The highest BCUT2D eigenvalue weighted by atomic mass is 32.2. The lowest BCUT2D eigenvalue weighted by atomic mass is 10.1. The van der Waals surface area contributed by atoms with E-state index in [1.807, 2.05) is 31.2 Å². The Morgan fingerprint density at radius 2 is 1.97 bits per heavy atom. The van der Waals surface area contributed by atoms with Crippen molar-refractivity contribution in [2.45, 2.75) is 36.1 Å². The number of fused-ring (bicyclic) bond motifs is 1. The normalized spacial score (nSPS) is 13.1. The topological polar surface area (TPSA) is 64.0 Å². The minimum atomic E-state index is -4.54. The lowest BCUT2D eigenvalue weighted by molar-refractivity contribution is -0.137. The standard InChI is InChI=1S/C23H20F3N3O2S2/c1-14-5-7-15(8-6-14)12-27-19(30)13-33-22-28-18-9-10-32-20(18)21(31)29(22)17-4-2-3-16(11-17)23(24,25)26/h2-8,11H,9-10,12-13H2,1H3,(H,27,30). The van der Waals surface area contributed by atoms with Crippen molar-refractivity contribution in [3.63, 3.8) is 0 Å². The molecule has 4 rings (SSSR count). The van der Waals surface area contributed by atoms with Gasteiger partial charge in [-0.05, 0) is 30.7 Å². The zero-order chi connectivity index (χ0) is 23.6. The Kier molecular flexibility index (Phi) is 6.85. The highest BCUT2D eigenvalue weighted by Gasteiger charge is 2.31. The van der Waals surface area contributed by atoms with Crippen LogP contribution in [0.4, 0.5) is 13.2 Å². The molecule has 0 spiro atoms. The summed E-state index contributed by atoms with van der Waals surface area (Å²) < 4.78 is 40.9. The first-order valence-electron chi connectivity index (χ1n) is 10.1. The van der Waals surface area contributed by atoms with Gasteiger partial charge in [-0.15, -0.1) is 11.8 Å². The first-order valence-corrected chi connectivity index (χ1v) is 12.1. The van der Waals surface area contributed by atoms with E-state index in [1.54, 1.807) is 0 Å². The molecule has 0 fully saturated rings. The third-order valence-corrected chi connectivity index (χ3v) is 7.09. The summed E-state index contributed by atoms with van der Waals surface area (Å²) in [5.41, 5.74) is 1.49. The van der Waals surface area contributed by atoms with Crippen LogP contribution in [-0.2, 0) is 23.9 Å². The van der Waals surface area contributed by atoms with Crippen molar-refractivity contribution in [2.75, 3.05) is 11.5 Å². The molecule has 1 aromatic heterocycles. The van der Waals surface area contributed by atoms with Crippen LogP contribution < -0.4 is 10.9 Å². The van der Waals surface area contributed by atoms with Crippen LogP contribution in [0.5, 0.6) is 0 Å². The van der Waals surface area contributed by atoms with Gasteiger partial charge in [0.2, 0.25) is 5.91 Å². The maximum absolute atomic E-state index is 13.2. The maximum atomic E-state index is 13.2. The van der Waals surface area contributed by atoms with Gasteiger partial charge >= 0.3 is 6.18 Å². The number of hydrogen-bond acceptors (Lipinski definition) is 5. The molecule has 0 bridgehead atoms. The molecule has 172 valence electrons. The summed E-state index contributed by atoms with van der Waals surface area (Å²) in [6.07, 6.45) is -3.94. The number of carbonyl (C=O) groups excluding carboxylic acids is 1. The minimum Gasteiger partial charge on any atom is -0.351 e. The van der Waals surface area contributed by atoms with Crippen LogP contribution in [0.3, 0.4) is 0 Å². The molecule has 10 heteroatoms. The van der Waals surface area contributed by atoms with Gasteiger partial charge < -0.3 is 5.32 Å². The van der Waals surface area contributed by atoms with E-state index in [2.05, 4.69) is 10.3 Å². The summed E-state index contributed by atoms with van der Waals surface area (Å²) in [6, 6.07) is 12.3. The van der Waals surface area contributed by atoms with Crippen molar-refractivity contribution in [2.24, 2.45) is 0 Å². The smallest absolute Gasteiger partial charge is 0.351 e. The number of alkyl halides is 3. The molecule has 0 saturated heterocycles. The van der Waals surface area contributed by atoms with Gasteiger partial charge in [0.1, 0.15) is 0 Å². The zero-order valence-corrected chi connectivity index (χ0v) is 19.2. The second-order valence-electron chi connectivity index (χ2n) is 7.51. The molecular formula is C23H20F3N3O2S2. The highest BCUT2D eigenvalue weighted by molar-refractivity contribution is 8.00. The largest absolute Gasteiger partial charge is 0.416 e. The van der Waals surface area contributed by atoms with Gasteiger partial charge in [0, 0.05) is 18.7 Å². The van der Waals surface area contributed by atoms with Crippen LogP contribution >= 0.6 is 23.5 Å². The minimum absolute atomic E-state index is 0.0246. The summed E-state index contributed by atoms with van der Waals surface area (Å²) in [4.78, 5) is 30.5. The summed E-state index contributed by atoms with van der Waals surface area (Å²) >= 11 is 2.38. The van der Waals surface area contributed by atoms with E-state index in [-0.39, 0.29) is 22.5 Å². The number of aromatic nitrogens is 2. The molecule has 0 atom stereocenters. The molecule has 1 N–H and O–H groups in total. The number of carbonyl (C=O) groups is 1. The molecule has 2 heterocycles. The number of nitrogens with one attached hydrogen (secondary N) is 1. The van der Waals surface area contributed by atoms with E-state index in [1.165, 1.54) is 28.5 Å². The fourth-order valence-electron chi connectivity index (χ4n) is 3.33. The number of benzene rings is 2. The molecule has 1 aliphatic heterocycles. The van der Waals surface area contributed by atoms with Crippen molar-refractivity contribution in [3.8, 4) is 5.69 Å². The molecule has 0 radical (unpaired) electrons. The van der Waals surface area contributed by atoms with E-state index in [0.717, 1.165) is 35.0 Å². The van der Waals surface area contributed by atoms with Gasteiger partial charge in [-0.25, -0.2) is 4.98 Å². The first kappa shape index (κ1) is 23.4. The SMILES string of the molecule is Cc1ccc(CNC(=O)CSc2nc3c(c(=O)n2-c2cccc(C(F)(F)F)c2)SCC3)cc1. The Morgan fingerprint density at radius 3 is 2.70 bits per heavy atom. The molecule has 33 heavy (non-hydrogen) atoms. The van der Waals surface area contributed by atoms with Crippen LogP contribution in [0.2, 0.25) is 0 Å². The number of amides is 1. The zero-order valence-electron chi connectivity index (χ0n) is 17.6. The quantitative estimate of drug-likeness (QED) is 0.403. The predicted molar refractivity (Wildman–Crippen MR) is 123 cm³/mol. The number of hydrogen-bond donors (Lipinski definition) is 1. The summed E-state index contributed by atoms with van der Waals surface area (Å²) in [7, 11) is 0. The van der Waals surface area contributed by atoms with Crippen LogP contribution in [-0.4, -0.2) is 27.0 Å². The maximum Gasteiger partial charge on any atom is 0.416 e. The Hall–Kier alpha value is -2.72. The Bertz CT molecular complexity index is 1240. The Balaban J connectivity index is 1.58. The molecule has 0 aliphatic carbocycles. The number of aryl methyl sites for hydroxylation is 2. The Labute approximate surface area is 196 Å². The van der Waals surface area contributed by atoms with Crippen molar-refractivity contribution in [1.29, 1.82) is 0 Å². The average Bonchev–Trinajstić information content (AvgIpc) is 3.26. The second-order valence-corrected chi connectivity index (χ2v) is 9.56. The fourth-order valence-corrected chi connectivity index (χ4v) is 5.21. The predicted octanol–water partition coefficient (Wildman–Crippen LogP) is 4.62. The van der Waals surface area contributed by atoms with Gasteiger partial charge in [0.05, 0.1) is 27.6 Å². The van der Waals surface area contributed by atoms with Crippen molar-refractivity contribution in [3.05, 3.63) is 81.3 Å². The van der Waals surface area contributed by atoms with Gasteiger partial charge in [0.15, 0.2) is 5.16 Å². The van der Waals surface area contributed by atoms with Crippen molar-refractivity contribution >= 4 is 29.4 Å². The van der Waals surface area contributed by atoms with Gasteiger partial charge in [-0.3, -0.25) is 14.2 Å². The van der Waals surface area contributed by atoms with Crippen LogP contribution in [0.1, 0.15) is 22.4 Å². The third-order valence-electron chi connectivity index (χ3n) is 5.04. The monoisotopic (exact) mass is 491 g/mol. The van der Waals surface area contributed by atoms with Gasteiger partial charge in [-0.1, -0.05) is 47.7 Å². The summed E-state index contributed by atoms with van der Waals surface area (Å²) in [6.45, 7) is 2.33. The van der Waals surface area contributed by atoms with Gasteiger partial charge in [-0.2, -0.15) is 13.2 Å². The van der Waals surface area contributed by atoms with Crippen molar-refractivity contribution in [1.82, 2.24) is 14.9 Å². The fraction of sp³-hybridized carbons (Fsp3) is 0.261. The summed E-state index contributed by atoms with van der Waals surface area (Å²) in [5.74, 6) is 0.398. The van der Waals surface area contributed by atoms with E-state index in [9.17, 15) is 22.8 Å². The number of rotatable bonds is 6.